The molecule has 72 valence electrons. The molecule has 0 saturated carbocycles. The molecule has 0 bridgehead atoms. The average molecular weight is 225 g/mol. The zero-order valence-corrected chi connectivity index (χ0v) is 8.19. The van der Waals surface area contributed by atoms with Crippen molar-refractivity contribution < 1.29 is 17.0 Å². The van der Waals surface area contributed by atoms with Gasteiger partial charge in [0.05, 0.1) is 12.1 Å². The van der Waals surface area contributed by atoms with Gasteiger partial charge in [0.15, 0.2) is 0 Å². The lowest BCUT2D eigenvalue weighted by atomic mass is 10.3. The van der Waals surface area contributed by atoms with Gasteiger partial charge in [0.1, 0.15) is 10.6 Å². The highest BCUT2D eigenvalue weighted by Crippen LogP contribution is 2.27. The van der Waals surface area contributed by atoms with Crippen LogP contribution in [0.25, 0.3) is 0 Å². The van der Waals surface area contributed by atoms with E-state index < -0.39 is 15.1 Å². The lowest BCUT2D eigenvalue weighted by Crippen LogP contribution is -1.92. The van der Waals surface area contributed by atoms with Crippen LogP contribution < -0.4 is 4.74 Å². The van der Waals surface area contributed by atoms with Crippen LogP contribution in [0.4, 0.5) is 3.89 Å². The average Bonchev–Trinajstić information content (AvgIpc) is 2.02. The van der Waals surface area contributed by atoms with Crippen molar-refractivity contribution in [2.24, 2.45) is 0 Å². The molecule has 6 heteroatoms. The van der Waals surface area contributed by atoms with Crippen molar-refractivity contribution in [2.45, 2.75) is 4.90 Å². The molecule has 0 saturated heterocycles. The largest absolute Gasteiger partial charge is 0.495 e. The summed E-state index contributed by atoms with van der Waals surface area (Å²) >= 11 is 5.58. The van der Waals surface area contributed by atoms with Crippen LogP contribution in [-0.4, -0.2) is 15.5 Å². The molecule has 0 aliphatic heterocycles. The molecule has 0 amide bonds. The van der Waals surface area contributed by atoms with Crippen molar-refractivity contribution in [1.82, 2.24) is 0 Å². The number of hydrogen-bond donors (Lipinski definition) is 0. The minimum atomic E-state index is -4.69. The second kappa shape index (κ2) is 3.51. The predicted molar refractivity (Wildman–Crippen MR) is 46.3 cm³/mol. The SMILES string of the molecule is COc1ccc(S(=O)(=O)F)cc1Cl. The molecule has 0 aliphatic carbocycles. The first-order chi connectivity index (χ1) is 5.95. The van der Waals surface area contributed by atoms with Gasteiger partial charge in [-0.05, 0) is 18.2 Å². The summed E-state index contributed by atoms with van der Waals surface area (Å²) in [4.78, 5) is -0.474. The van der Waals surface area contributed by atoms with Crippen molar-refractivity contribution >= 4 is 21.8 Å². The van der Waals surface area contributed by atoms with E-state index in [1.807, 2.05) is 0 Å². The molecule has 0 spiro atoms. The third kappa shape index (κ3) is 2.32. The summed E-state index contributed by atoms with van der Waals surface area (Å²) in [5.74, 6) is 0.300. The molecule has 3 nitrogen and oxygen atoms in total. The standard InChI is InChI=1S/C7H6ClFO3S/c1-12-7-3-2-5(4-6(7)8)13(9,10)11/h2-4H,1H3. The third-order valence-corrected chi connectivity index (χ3v) is 2.52. The lowest BCUT2D eigenvalue weighted by Gasteiger charge is -2.02. The lowest BCUT2D eigenvalue weighted by molar-refractivity contribution is 0.414. The van der Waals surface area contributed by atoms with Crippen LogP contribution in [0.15, 0.2) is 23.1 Å². The fourth-order valence-corrected chi connectivity index (χ4v) is 1.61. The fraction of sp³-hybridized carbons (Fsp3) is 0.143. The quantitative estimate of drug-likeness (QED) is 0.722. The summed E-state index contributed by atoms with van der Waals surface area (Å²) in [6.07, 6.45) is 0. The molecule has 0 fully saturated rings. The van der Waals surface area contributed by atoms with E-state index >= 15 is 0 Å². The Bertz CT molecular complexity index is 416. The first-order valence-corrected chi connectivity index (χ1v) is 4.99. The van der Waals surface area contributed by atoms with Crippen molar-refractivity contribution in [2.75, 3.05) is 7.11 Å². The molecule has 1 aromatic rings. The van der Waals surface area contributed by atoms with Gasteiger partial charge in [0, 0.05) is 0 Å². The predicted octanol–water partition coefficient (Wildman–Crippen LogP) is 2.01. The van der Waals surface area contributed by atoms with Gasteiger partial charge in [-0.25, -0.2) is 0 Å². The van der Waals surface area contributed by atoms with Crippen molar-refractivity contribution in [1.29, 1.82) is 0 Å². The van der Waals surface area contributed by atoms with Crippen LogP contribution in [-0.2, 0) is 10.2 Å². The normalized spacial score (nSPS) is 11.3. The zero-order valence-electron chi connectivity index (χ0n) is 6.62. The van der Waals surface area contributed by atoms with Gasteiger partial charge in [-0.15, -0.1) is 3.89 Å². The fourth-order valence-electron chi connectivity index (χ4n) is 0.799. The molecule has 1 aromatic carbocycles. The van der Waals surface area contributed by atoms with Gasteiger partial charge < -0.3 is 4.74 Å². The Kier molecular flexibility index (Phi) is 2.77. The first-order valence-electron chi connectivity index (χ1n) is 3.23. The van der Waals surface area contributed by atoms with E-state index in [1.165, 1.54) is 13.2 Å². The van der Waals surface area contributed by atoms with Gasteiger partial charge in [0.2, 0.25) is 0 Å². The molecule has 13 heavy (non-hydrogen) atoms. The molecule has 0 aromatic heterocycles. The van der Waals surface area contributed by atoms with Gasteiger partial charge in [-0.2, -0.15) is 8.42 Å². The van der Waals surface area contributed by atoms with Crippen LogP contribution in [0.3, 0.4) is 0 Å². The monoisotopic (exact) mass is 224 g/mol. The van der Waals surface area contributed by atoms with Crippen molar-refractivity contribution in [3.05, 3.63) is 23.2 Å². The molecule has 0 radical (unpaired) electrons. The van der Waals surface area contributed by atoms with E-state index in [9.17, 15) is 12.3 Å². The highest BCUT2D eigenvalue weighted by Gasteiger charge is 2.13. The zero-order chi connectivity index (χ0) is 10.1. The van der Waals surface area contributed by atoms with Crippen LogP contribution >= 0.6 is 11.6 Å². The summed E-state index contributed by atoms with van der Waals surface area (Å²) < 4.78 is 38.0. The maximum Gasteiger partial charge on any atom is 0.332 e. The minimum Gasteiger partial charge on any atom is -0.495 e. The van der Waals surface area contributed by atoms with E-state index in [2.05, 4.69) is 0 Å². The first kappa shape index (κ1) is 10.3. The Morgan fingerprint density at radius 1 is 1.46 bits per heavy atom. The summed E-state index contributed by atoms with van der Waals surface area (Å²) in [5.41, 5.74) is 0. The van der Waals surface area contributed by atoms with E-state index in [1.54, 1.807) is 0 Å². The maximum absolute atomic E-state index is 12.4. The summed E-state index contributed by atoms with van der Waals surface area (Å²) in [7, 11) is -3.31. The van der Waals surface area contributed by atoms with Gasteiger partial charge in [-0.3, -0.25) is 0 Å². The summed E-state index contributed by atoms with van der Waals surface area (Å²) in [6, 6.07) is 3.37. The van der Waals surface area contributed by atoms with Crippen LogP contribution in [0.5, 0.6) is 5.75 Å². The second-order valence-electron chi connectivity index (χ2n) is 2.23. The number of halogens is 2. The Labute approximate surface area is 80.3 Å². The van der Waals surface area contributed by atoms with Gasteiger partial charge >= 0.3 is 10.2 Å². The number of ether oxygens (including phenoxy) is 1. The Hall–Kier alpha value is -0.810. The Morgan fingerprint density at radius 2 is 2.08 bits per heavy atom. The van der Waals surface area contributed by atoms with Crippen LogP contribution in [0.2, 0.25) is 5.02 Å². The molecular weight excluding hydrogens is 219 g/mol. The number of rotatable bonds is 2. The van der Waals surface area contributed by atoms with Crippen molar-refractivity contribution in [3.63, 3.8) is 0 Å². The molecule has 0 heterocycles. The number of methoxy groups -OCH3 is 1. The van der Waals surface area contributed by atoms with Crippen LogP contribution in [0, 0.1) is 0 Å². The molecule has 1 rings (SSSR count). The summed E-state index contributed by atoms with van der Waals surface area (Å²) in [5, 5.41) is 0.0567. The maximum atomic E-state index is 12.4. The number of benzene rings is 1. The third-order valence-electron chi connectivity index (χ3n) is 1.40. The van der Waals surface area contributed by atoms with E-state index in [-0.39, 0.29) is 5.02 Å². The summed E-state index contributed by atoms with van der Waals surface area (Å²) in [6.45, 7) is 0. The van der Waals surface area contributed by atoms with E-state index in [4.69, 9.17) is 16.3 Å². The Morgan fingerprint density at radius 3 is 2.46 bits per heavy atom. The number of hydrogen-bond acceptors (Lipinski definition) is 3. The van der Waals surface area contributed by atoms with Crippen LogP contribution in [0.1, 0.15) is 0 Å². The topological polar surface area (TPSA) is 43.4 Å². The van der Waals surface area contributed by atoms with Gasteiger partial charge in [-0.1, -0.05) is 11.6 Å². The molecule has 0 N–H and O–H groups in total. The molecule has 0 aliphatic rings. The van der Waals surface area contributed by atoms with E-state index in [0.29, 0.717) is 5.75 Å². The molecule has 0 atom stereocenters. The van der Waals surface area contributed by atoms with E-state index in [0.717, 1.165) is 12.1 Å². The Balaban J connectivity index is 3.26. The molecular formula is C7H6ClFO3S. The van der Waals surface area contributed by atoms with Crippen molar-refractivity contribution in [3.8, 4) is 5.75 Å². The smallest absolute Gasteiger partial charge is 0.332 e. The molecule has 0 unspecified atom stereocenters. The second-order valence-corrected chi connectivity index (χ2v) is 3.99. The highest BCUT2D eigenvalue weighted by atomic mass is 35.5. The van der Waals surface area contributed by atoms with Gasteiger partial charge in [0.25, 0.3) is 0 Å². The minimum absolute atomic E-state index is 0.0567. The highest BCUT2D eigenvalue weighted by molar-refractivity contribution is 7.86.